The maximum Gasteiger partial charge on any atom is 0.243 e. The van der Waals surface area contributed by atoms with Crippen molar-refractivity contribution in [3.63, 3.8) is 0 Å². The van der Waals surface area contributed by atoms with E-state index < -0.39 is 10.0 Å². The van der Waals surface area contributed by atoms with Crippen molar-refractivity contribution in [2.24, 2.45) is 0 Å². The van der Waals surface area contributed by atoms with E-state index in [1.165, 1.54) is 20.5 Å². The highest BCUT2D eigenvalue weighted by molar-refractivity contribution is 7.89. The lowest BCUT2D eigenvalue weighted by atomic mass is 10.2. The van der Waals surface area contributed by atoms with Gasteiger partial charge in [-0.25, -0.2) is 13.4 Å². The van der Waals surface area contributed by atoms with Gasteiger partial charge in [0.05, 0.1) is 10.6 Å². The third-order valence-corrected chi connectivity index (χ3v) is 9.07. The molecular formula is C22H28N4O4S2. The quantitative estimate of drug-likeness (QED) is 0.691. The molecule has 1 aliphatic heterocycles. The van der Waals surface area contributed by atoms with Crippen molar-refractivity contribution in [2.45, 2.75) is 50.8 Å². The molecule has 10 heteroatoms. The number of sulfonamides is 1. The molecule has 0 saturated carbocycles. The van der Waals surface area contributed by atoms with Crippen molar-refractivity contribution in [3.05, 3.63) is 39.9 Å². The zero-order valence-corrected chi connectivity index (χ0v) is 20.0. The number of aryl methyl sites for hydroxylation is 4. The molecule has 1 saturated heterocycles. The van der Waals surface area contributed by atoms with Crippen molar-refractivity contribution >= 4 is 38.3 Å². The summed E-state index contributed by atoms with van der Waals surface area (Å²) < 4.78 is 27.5. The first-order chi connectivity index (χ1) is 15.2. The summed E-state index contributed by atoms with van der Waals surface area (Å²) in [4.78, 5) is 32.4. The number of amides is 2. The zero-order chi connectivity index (χ0) is 22.9. The number of thiazole rings is 1. The van der Waals surface area contributed by atoms with Crippen LogP contribution in [0.4, 0.5) is 5.13 Å². The Labute approximate surface area is 192 Å². The number of anilines is 1. The summed E-state index contributed by atoms with van der Waals surface area (Å²) in [7, 11) is -3.60. The molecule has 1 aromatic heterocycles. The van der Waals surface area contributed by atoms with E-state index in [0.29, 0.717) is 28.7 Å². The van der Waals surface area contributed by atoms with Crippen molar-refractivity contribution < 1.29 is 18.0 Å². The maximum atomic E-state index is 13.0. The number of hydrogen-bond donors (Lipinski definition) is 1. The van der Waals surface area contributed by atoms with E-state index in [0.717, 1.165) is 30.5 Å². The molecule has 1 aliphatic carbocycles. The molecule has 32 heavy (non-hydrogen) atoms. The minimum absolute atomic E-state index is 0.0874. The van der Waals surface area contributed by atoms with Crippen LogP contribution in [0.1, 0.15) is 41.0 Å². The SMILES string of the molecule is Cc1ccc(C)c(S(=O)(=O)N2CCN(C(=O)CCC(=O)Nc3nc4c(s3)CCC4)CC2)c1. The lowest BCUT2D eigenvalue weighted by molar-refractivity contribution is -0.133. The topological polar surface area (TPSA) is 99.7 Å². The van der Waals surface area contributed by atoms with Gasteiger partial charge in [-0.15, -0.1) is 11.3 Å². The molecule has 0 atom stereocenters. The Morgan fingerprint density at radius 2 is 1.84 bits per heavy atom. The van der Waals surface area contributed by atoms with Crippen LogP contribution in [0.3, 0.4) is 0 Å². The van der Waals surface area contributed by atoms with Crippen LogP contribution in [0.25, 0.3) is 0 Å². The maximum absolute atomic E-state index is 13.0. The average Bonchev–Trinajstić information content (AvgIpc) is 3.35. The van der Waals surface area contributed by atoms with E-state index in [1.54, 1.807) is 17.9 Å². The van der Waals surface area contributed by atoms with Crippen LogP contribution in [0.2, 0.25) is 0 Å². The fourth-order valence-electron chi connectivity index (χ4n) is 4.11. The van der Waals surface area contributed by atoms with Crippen molar-refractivity contribution in [1.82, 2.24) is 14.2 Å². The Bertz CT molecular complexity index is 1110. The Hall–Kier alpha value is -2.30. The summed E-state index contributed by atoms with van der Waals surface area (Å²) in [6.45, 7) is 4.80. The van der Waals surface area contributed by atoms with Crippen molar-refractivity contribution in [3.8, 4) is 0 Å². The molecule has 2 amide bonds. The van der Waals surface area contributed by atoms with Gasteiger partial charge >= 0.3 is 0 Å². The van der Waals surface area contributed by atoms with Gasteiger partial charge in [-0.05, 0) is 50.3 Å². The first kappa shape index (κ1) is 22.9. The Morgan fingerprint density at radius 1 is 1.09 bits per heavy atom. The van der Waals surface area contributed by atoms with E-state index in [4.69, 9.17) is 0 Å². The molecule has 172 valence electrons. The predicted octanol–water partition coefficient (Wildman–Crippen LogP) is 2.50. The number of fused-ring (bicyclic) bond motifs is 1. The number of hydrogen-bond acceptors (Lipinski definition) is 6. The number of rotatable bonds is 6. The number of piperazine rings is 1. The molecule has 2 aliphatic rings. The molecule has 4 rings (SSSR count). The van der Waals surface area contributed by atoms with E-state index in [1.807, 2.05) is 19.1 Å². The first-order valence-electron chi connectivity index (χ1n) is 10.9. The lowest BCUT2D eigenvalue weighted by Gasteiger charge is -2.34. The number of benzene rings is 1. The van der Waals surface area contributed by atoms with Gasteiger partial charge < -0.3 is 10.2 Å². The molecule has 0 spiro atoms. The summed E-state index contributed by atoms with van der Waals surface area (Å²) in [5.74, 6) is -0.354. The minimum atomic E-state index is -3.60. The monoisotopic (exact) mass is 476 g/mol. The van der Waals surface area contributed by atoms with Crippen molar-refractivity contribution in [1.29, 1.82) is 0 Å². The predicted molar refractivity (Wildman–Crippen MR) is 123 cm³/mol. The van der Waals surface area contributed by atoms with Crippen LogP contribution >= 0.6 is 11.3 Å². The number of nitrogens with zero attached hydrogens (tertiary/aromatic N) is 3. The van der Waals surface area contributed by atoms with E-state index in [-0.39, 0.29) is 37.7 Å². The van der Waals surface area contributed by atoms with Gasteiger partial charge in [0.15, 0.2) is 5.13 Å². The molecule has 0 radical (unpaired) electrons. The Balaban J connectivity index is 1.26. The molecule has 2 aromatic rings. The second-order valence-electron chi connectivity index (χ2n) is 8.34. The van der Waals surface area contributed by atoms with Gasteiger partial charge in [0, 0.05) is 43.9 Å². The van der Waals surface area contributed by atoms with Crippen LogP contribution in [-0.4, -0.2) is 60.6 Å². The zero-order valence-electron chi connectivity index (χ0n) is 18.4. The second kappa shape index (κ2) is 9.29. The van der Waals surface area contributed by atoms with E-state index >= 15 is 0 Å². The Kier molecular flexibility index (Phi) is 6.64. The van der Waals surface area contributed by atoms with Crippen LogP contribution in [-0.2, 0) is 32.5 Å². The normalized spacial score (nSPS) is 16.8. The molecule has 0 bridgehead atoms. The van der Waals surface area contributed by atoms with Gasteiger partial charge in [0.25, 0.3) is 0 Å². The summed E-state index contributed by atoms with van der Waals surface area (Å²) >= 11 is 1.51. The van der Waals surface area contributed by atoms with Crippen molar-refractivity contribution in [2.75, 3.05) is 31.5 Å². The molecule has 8 nitrogen and oxygen atoms in total. The fraction of sp³-hybridized carbons (Fsp3) is 0.500. The van der Waals surface area contributed by atoms with Crippen LogP contribution in [0.15, 0.2) is 23.1 Å². The average molecular weight is 477 g/mol. The summed E-state index contributed by atoms with van der Waals surface area (Å²) in [5, 5.41) is 3.40. The first-order valence-corrected chi connectivity index (χ1v) is 13.1. The highest BCUT2D eigenvalue weighted by Gasteiger charge is 2.31. The van der Waals surface area contributed by atoms with Crippen LogP contribution < -0.4 is 5.32 Å². The molecule has 1 N–H and O–H groups in total. The highest BCUT2D eigenvalue weighted by atomic mass is 32.2. The number of aromatic nitrogens is 1. The molecule has 0 unspecified atom stereocenters. The fourth-order valence-corrected chi connectivity index (χ4v) is 6.90. The van der Waals surface area contributed by atoms with Gasteiger partial charge in [-0.2, -0.15) is 4.31 Å². The summed E-state index contributed by atoms with van der Waals surface area (Å²) in [5.41, 5.74) is 2.68. The van der Waals surface area contributed by atoms with E-state index in [2.05, 4.69) is 10.3 Å². The molecule has 2 heterocycles. The minimum Gasteiger partial charge on any atom is -0.340 e. The highest BCUT2D eigenvalue weighted by Crippen LogP contribution is 2.30. The van der Waals surface area contributed by atoms with Gasteiger partial charge in [-0.3, -0.25) is 9.59 Å². The Morgan fingerprint density at radius 3 is 2.56 bits per heavy atom. The molecule has 1 fully saturated rings. The van der Waals surface area contributed by atoms with Crippen LogP contribution in [0.5, 0.6) is 0 Å². The van der Waals surface area contributed by atoms with Gasteiger partial charge in [0.2, 0.25) is 21.8 Å². The summed E-state index contributed by atoms with van der Waals surface area (Å²) in [6, 6.07) is 5.40. The van der Waals surface area contributed by atoms with E-state index in [9.17, 15) is 18.0 Å². The molecular weight excluding hydrogens is 448 g/mol. The third-order valence-electron chi connectivity index (χ3n) is 5.96. The van der Waals surface area contributed by atoms with Crippen LogP contribution in [0, 0.1) is 13.8 Å². The van der Waals surface area contributed by atoms with Gasteiger partial charge in [-0.1, -0.05) is 12.1 Å². The smallest absolute Gasteiger partial charge is 0.243 e. The number of nitrogens with one attached hydrogen (secondary N) is 1. The third kappa shape index (κ3) is 4.87. The second-order valence-corrected chi connectivity index (χ2v) is 11.3. The van der Waals surface area contributed by atoms with Gasteiger partial charge in [0.1, 0.15) is 0 Å². The summed E-state index contributed by atoms with van der Waals surface area (Å²) in [6.07, 6.45) is 3.29. The lowest BCUT2D eigenvalue weighted by Crippen LogP contribution is -2.50. The molecule has 1 aromatic carbocycles. The standard InChI is InChI=1S/C22H28N4O4S2/c1-15-6-7-16(2)19(14-15)32(29,30)26-12-10-25(11-13-26)21(28)9-8-20(27)24-22-23-17-4-3-5-18(17)31-22/h6-7,14H,3-5,8-13H2,1-2H3,(H,23,24,27). The largest absolute Gasteiger partial charge is 0.340 e. The number of carbonyl (C=O) groups is 2. The number of carbonyl (C=O) groups excluding carboxylic acids is 2.